The van der Waals surface area contributed by atoms with Gasteiger partial charge in [-0.15, -0.1) is 0 Å². The average molecular weight is 224 g/mol. The average Bonchev–Trinajstić information content (AvgIpc) is 2.63. The molecule has 1 atom stereocenters. The quantitative estimate of drug-likeness (QED) is 0.855. The summed E-state index contributed by atoms with van der Waals surface area (Å²) < 4.78 is 0. The molecule has 15 heavy (non-hydrogen) atoms. The first-order valence-corrected chi connectivity index (χ1v) is 6.82. The van der Waals surface area contributed by atoms with Crippen molar-refractivity contribution in [1.82, 2.24) is 4.90 Å². The molecule has 1 fully saturated rings. The molecule has 1 aromatic rings. The van der Waals surface area contributed by atoms with Crippen molar-refractivity contribution in [3.05, 3.63) is 22.4 Å². The third-order valence-electron chi connectivity index (χ3n) is 3.23. The maximum Gasteiger partial charge on any atom is 0.0478 e. The summed E-state index contributed by atoms with van der Waals surface area (Å²) in [4.78, 5) is 2.56. The summed E-state index contributed by atoms with van der Waals surface area (Å²) in [5.41, 5.74) is 7.32. The van der Waals surface area contributed by atoms with Crippen molar-refractivity contribution in [3.8, 4) is 0 Å². The Morgan fingerprint density at radius 2 is 2.00 bits per heavy atom. The number of hydrogen-bond acceptors (Lipinski definition) is 3. The highest BCUT2D eigenvalue weighted by atomic mass is 32.1. The largest absolute Gasteiger partial charge is 0.329 e. The van der Waals surface area contributed by atoms with Crippen LogP contribution in [-0.2, 0) is 0 Å². The monoisotopic (exact) mass is 224 g/mol. The summed E-state index contributed by atoms with van der Waals surface area (Å²) in [5, 5.41) is 4.39. The molecule has 0 radical (unpaired) electrons. The van der Waals surface area contributed by atoms with Crippen LogP contribution in [-0.4, -0.2) is 24.5 Å². The van der Waals surface area contributed by atoms with Crippen molar-refractivity contribution >= 4 is 11.3 Å². The molecular formula is C12H20N2S. The van der Waals surface area contributed by atoms with E-state index in [1.807, 2.05) is 0 Å². The van der Waals surface area contributed by atoms with Crippen LogP contribution in [0.3, 0.4) is 0 Å². The lowest BCUT2D eigenvalue weighted by Gasteiger charge is -2.29. The van der Waals surface area contributed by atoms with Gasteiger partial charge in [0.15, 0.2) is 0 Å². The molecule has 2 heterocycles. The van der Waals surface area contributed by atoms with E-state index in [2.05, 4.69) is 21.7 Å². The maximum atomic E-state index is 5.91. The van der Waals surface area contributed by atoms with Gasteiger partial charge >= 0.3 is 0 Å². The van der Waals surface area contributed by atoms with Crippen LogP contribution in [0.2, 0.25) is 0 Å². The van der Waals surface area contributed by atoms with Crippen LogP contribution in [0.5, 0.6) is 0 Å². The molecule has 2 rings (SSSR count). The van der Waals surface area contributed by atoms with Crippen LogP contribution in [0.1, 0.15) is 37.3 Å². The zero-order valence-corrected chi connectivity index (χ0v) is 10.0. The number of nitrogens with zero attached hydrogens (tertiary/aromatic N) is 1. The molecule has 1 saturated heterocycles. The van der Waals surface area contributed by atoms with Gasteiger partial charge in [0.25, 0.3) is 0 Å². The summed E-state index contributed by atoms with van der Waals surface area (Å²) in [6, 6.07) is 2.67. The molecule has 0 unspecified atom stereocenters. The lowest BCUT2D eigenvalue weighted by Crippen LogP contribution is -2.34. The number of nitrogens with two attached hydrogens (primary N) is 1. The Bertz CT molecular complexity index is 263. The van der Waals surface area contributed by atoms with Crippen LogP contribution < -0.4 is 5.73 Å². The molecule has 1 aliphatic rings. The van der Waals surface area contributed by atoms with Crippen molar-refractivity contribution < 1.29 is 0 Å². The zero-order chi connectivity index (χ0) is 10.5. The molecule has 2 nitrogen and oxygen atoms in total. The molecule has 84 valence electrons. The summed E-state index contributed by atoms with van der Waals surface area (Å²) in [5.74, 6) is 0. The third-order valence-corrected chi connectivity index (χ3v) is 3.93. The first-order chi connectivity index (χ1) is 7.42. The van der Waals surface area contributed by atoms with Crippen molar-refractivity contribution in [2.45, 2.75) is 31.7 Å². The molecule has 2 N–H and O–H groups in total. The van der Waals surface area contributed by atoms with Crippen LogP contribution in [0, 0.1) is 0 Å². The van der Waals surface area contributed by atoms with Crippen molar-refractivity contribution in [2.24, 2.45) is 5.73 Å². The predicted molar refractivity (Wildman–Crippen MR) is 66.2 cm³/mol. The number of thiophene rings is 1. The normalized spacial score (nSPS) is 21.1. The second-order valence-corrected chi connectivity index (χ2v) is 5.04. The number of hydrogen-bond donors (Lipinski definition) is 1. The molecule has 1 aromatic heterocycles. The highest BCUT2D eigenvalue weighted by molar-refractivity contribution is 7.07. The highest BCUT2D eigenvalue weighted by Crippen LogP contribution is 2.24. The van der Waals surface area contributed by atoms with E-state index in [1.54, 1.807) is 11.3 Å². The van der Waals surface area contributed by atoms with Gasteiger partial charge in [0.05, 0.1) is 0 Å². The van der Waals surface area contributed by atoms with Crippen molar-refractivity contribution in [3.63, 3.8) is 0 Å². The van der Waals surface area contributed by atoms with Gasteiger partial charge in [-0.05, 0) is 48.3 Å². The minimum atomic E-state index is 0.453. The summed E-state index contributed by atoms with van der Waals surface area (Å²) in [6.45, 7) is 3.19. The van der Waals surface area contributed by atoms with Gasteiger partial charge in [-0.25, -0.2) is 0 Å². The van der Waals surface area contributed by atoms with Gasteiger partial charge in [0.2, 0.25) is 0 Å². The summed E-state index contributed by atoms with van der Waals surface area (Å²) in [7, 11) is 0. The molecule has 3 heteroatoms. The standard InChI is InChI=1S/C12H20N2S/c13-9-12(11-5-8-15-10-11)14-6-3-1-2-4-7-14/h5,8,10,12H,1-4,6-7,9,13H2/t12-/m1/s1. The molecular weight excluding hydrogens is 204 g/mol. The second-order valence-electron chi connectivity index (χ2n) is 4.26. The Morgan fingerprint density at radius 3 is 2.53 bits per heavy atom. The smallest absolute Gasteiger partial charge is 0.0478 e. The molecule has 0 aromatic carbocycles. The Kier molecular flexibility index (Phi) is 4.18. The van der Waals surface area contributed by atoms with E-state index in [0.29, 0.717) is 6.04 Å². The lowest BCUT2D eigenvalue weighted by atomic mass is 10.1. The Labute approximate surface area is 96.1 Å². The first kappa shape index (κ1) is 11.1. The number of rotatable bonds is 3. The minimum Gasteiger partial charge on any atom is -0.329 e. The maximum absolute atomic E-state index is 5.91. The Hall–Kier alpha value is -0.380. The van der Waals surface area contributed by atoms with Gasteiger partial charge in [0, 0.05) is 12.6 Å². The lowest BCUT2D eigenvalue weighted by molar-refractivity contribution is 0.210. The van der Waals surface area contributed by atoms with Gasteiger partial charge in [-0.3, -0.25) is 4.90 Å². The minimum absolute atomic E-state index is 0.453. The van der Waals surface area contributed by atoms with E-state index in [-0.39, 0.29) is 0 Å². The van der Waals surface area contributed by atoms with E-state index in [0.717, 1.165) is 6.54 Å². The SMILES string of the molecule is NC[C@H](c1ccsc1)N1CCCCCC1. The van der Waals surface area contributed by atoms with Gasteiger partial charge in [-0.2, -0.15) is 11.3 Å². The summed E-state index contributed by atoms with van der Waals surface area (Å²) >= 11 is 1.77. The molecule has 0 spiro atoms. The highest BCUT2D eigenvalue weighted by Gasteiger charge is 2.19. The number of likely N-dealkylation sites (tertiary alicyclic amines) is 1. The summed E-state index contributed by atoms with van der Waals surface area (Å²) in [6.07, 6.45) is 5.44. The zero-order valence-electron chi connectivity index (χ0n) is 9.19. The molecule has 0 saturated carbocycles. The van der Waals surface area contributed by atoms with Crippen molar-refractivity contribution in [1.29, 1.82) is 0 Å². The fourth-order valence-corrected chi connectivity index (χ4v) is 3.07. The van der Waals surface area contributed by atoms with Crippen LogP contribution in [0.25, 0.3) is 0 Å². The van der Waals surface area contributed by atoms with E-state index in [9.17, 15) is 0 Å². The van der Waals surface area contributed by atoms with Gasteiger partial charge < -0.3 is 5.73 Å². The molecule has 1 aliphatic heterocycles. The topological polar surface area (TPSA) is 29.3 Å². The van der Waals surface area contributed by atoms with Gasteiger partial charge in [0.1, 0.15) is 0 Å². The van der Waals surface area contributed by atoms with Crippen molar-refractivity contribution in [2.75, 3.05) is 19.6 Å². The Balaban J connectivity index is 2.04. The van der Waals surface area contributed by atoms with E-state index in [4.69, 9.17) is 5.73 Å². The van der Waals surface area contributed by atoms with Crippen LogP contribution in [0.4, 0.5) is 0 Å². The van der Waals surface area contributed by atoms with Gasteiger partial charge in [-0.1, -0.05) is 12.8 Å². The molecule has 0 amide bonds. The van der Waals surface area contributed by atoms with Crippen LogP contribution in [0.15, 0.2) is 16.8 Å². The molecule has 0 bridgehead atoms. The Morgan fingerprint density at radius 1 is 1.27 bits per heavy atom. The van der Waals surface area contributed by atoms with E-state index < -0.39 is 0 Å². The predicted octanol–water partition coefficient (Wildman–Crippen LogP) is 2.62. The fraction of sp³-hybridized carbons (Fsp3) is 0.667. The third kappa shape index (κ3) is 2.80. The fourth-order valence-electron chi connectivity index (χ4n) is 2.37. The molecule has 0 aliphatic carbocycles. The first-order valence-electron chi connectivity index (χ1n) is 5.88. The van der Waals surface area contributed by atoms with E-state index in [1.165, 1.54) is 44.3 Å². The van der Waals surface area contributed by atoms with Crippen LogP contribution >= 0.6 is 11.3 Å². The van der Waals surface area contributed by atoms with E-state index >= 15 is 0 Å². The second kappa shape index (κ2) is 5.64.